The van der Waals surface area contributed by atoms with E-state index >= 15 is 0 Å². The quantitative estimate of drug-likeness (QED) is 0.570. The van der Waals surface area contributed by atoms with Gasteiger partial charge in [0.1, 0.15) is 0 Å². The average Bonchev–Trinajstić information content (AvgIpc) is 1.77. The van der Waals surface area contributed by atoms with Gasteiger partial charge in [-0.2, -0.15) is 5.06 Å². The summed E-state index contributed by atoms with van der Waals surface area (Å²) in [5.41, 5.74) is 0. The Morgan fingerprint density at radius 3 is 2.44 bits per heavy atom. The normalized spacial score (nSPS) is 29.3. The summed E-state index contributed by atoms with van der Waals surface area (Å²) in [6.07, 6.45) is 3.58. The highest BCUT2D eigenvalue weighted by Gasteiger charge is 2.14. The Balaban J connectivity index is 0.000000640. The molecule has 1 saturated heterocycles. The molecule has 1 N–H and O–H groups in total. The van der Waals surface area contributed by atoms with Crippen LogP contribution in [0.3, 0.4) is 0 Å². The van der Waals surface area contributed by atoms with Crippen LogP contribution in [0.15, 0.2) is 0 Å². The molecule has 0 saturated carbocycles. The lowest BCUT2D eigenvalue weighted by Gasteiger charge is -2.26. The zero-order valence-electron chi connectivity index (χ0n) is 5.71. The van der Waals surface area contributed by atoms with Gasteiger partial charge < -0.3 is 5.21 Å². The minimum Gasteiger partial charge on any atom is -0.314 e. The molecule has 0 aromatic rings. The van der Waals surface area contributed by atoms with Crippen LogP contribution >= 0.6 is 12.4 Å². The molecule has 1 aliphatic rings. The first-order valence-corrected chi connectivity index (χ1v) is 3.26. The summed E-state index contributed by atoms with van der Waals surface area (Å²) in [6, 6.07) is 0.392. The Labute approximate surface area is 62.2 Å². The topological polar surface area (TPSA) is 23.5 Å². The zero-order valence-corrected chi connectivity index (χ0v) is 6.52. The Bertz CT molecular complexity index is 69.5. The Morgan fingerprint density at radius 2 is 2.11 bits per heavy atom. The number of hydrogen-bond acceptors (Lipinski definition) is 2. The van der Waals surface area contributed by atoms with Crippen molar-refractivity contribution in [3.8, 4) is 0 Å². The van der Waals surface area contributed by atoms with Crippen molar-refractivity contribution in [3.05, 3.63) is 0 Å². The van der Waals surface area contributed by atoms with Crippen molar-refractivity contribution in [1.29, 1.82) is 0 Å². The monoisotopic (exact) mass is 151 g/mol. The van der Waals surface area contributed by atoms with Gasteiger partial charge in [-0.3, -0.25) is 0 Å². The lowest BCUT2D eigenvalue weighted by molar-refractivity contribution is -0.136. The minimum atomic E-state index is 0. The standard InChI is InChI=1S/C6H13NO.ClH/c1-6-4-2-3-5-7(6)8;/h6,8H,2-5H2,1H3;1H. The van der Waals surface area contributed by atoms with Crippen LogP contribution in [0.2, 0.25) is 0 Å². The largest absolute Gasteiger partial charge is 0.314 e. The van der Waals surface area contributed by atoms with Crippen molar-refractivity contribution in [2.45, 2.75) is 32.2 Å². The van der Waals surface area contributed by atoms with Gasteiger partial charge in [0, 0.05) is 12.6 Å². The molecule has 1 aliphatic heterocycles. The number of halogens is 1. The van der Waals surface area contributed by atoms with Crippen molar-refractivity contribution >= 4 is 12.4 Å². The Morgan fingerprint density at radius 1 is 1.44 bits per heavy atom. The molecule has 0 radical (unpaired) electrons. The van der Waals surface area contributed by atoms with Gasteiger partial charge in [0.05, 0.1) is 0 Å². The van der Waals surface area contributed by atoms with Gasteiger partial charge in [-0.1, -0.05) is 6.42 Å². The van der Waals surface area contributed by atoms with Crippen LogP contribution in [0, 0.1) is 0 Å². The molecule has 0 aliphatic carbocycles. The van der Waals surface area contributed by atoms with Crippen LogP contribution in [0.4, 0.5) is 0 Å². The molecule has 0 aromatic carbocycles. The number of piperidine rings is 1. The molecule has 1 atom stereocenters. The molecule has 56 valence electrons. The van der Waals surface area contributed by atoms with E-state index in [4.69, 9.17) is 5.21 Å². The molecule has 0 spiro atoms. The van der Waals surface area contributed by atoms with E-state index in [0.717, 1.165) is 19.4 Å². The summed E-state index contributed by atoms with van der Waals surface area (Å²) in [4.78, 5) is 0. The van der Waals surface area contributed by atoms with E-state index in [1.807, 2.05) is 0 Å². The van der Waals surface area contributed by atoms with Crippen molar-refractivity contribution in [1.82, 2.24) is 5.06 Å². The lowest BCUT2D eigenvalue weighted by atomic mass is 10.1. The summed E-state index contributed by atoms with van der Waals surface area (Å²) >= 11 is 0. The molecular weight excluding hydrogens is 138 g/mol. The third-order valence-electron chi connectivity index (χ3n) is 1.77. The fourth-order valence-corrected chi connectivity index (χ4v) is 1.08. The first-order valence-electron chi connectivity index (χ1n) is 3.26. The summed E-state index contributed by atoms with van der Waals surface area (Å²) in [7, 11) is 0. The van der Waals surface area contributed by atoms with E-state index in [0.29, 0.717) is 6.04 Å². The second-order valence-corrected chi connectivity index (χ2v) is 2.51. The molecule has 0 aromatic heterocycles. The highest BCUT2D eigenvalue weighted by atomic mass is 35.5. The van der Waals surface area contributed by atoms with Crippen LogP contribution in [0.5, 0.6) is 0 Å². The van der Waals surface area contributed by atoms with Crippen molar-refractivity contribution in [3.63, 3.8) is 0 Å². The summed E-state index contributed by atoms with van der Waals surface area (Å²) in [5, 5.41) is 10.4. The maximum atomic E-state index is 9.01. The minimum absolute atomic E-state index is 0. The van der Waals surface area contributed by atoms with E-state index < -0.39 is 0 Å². The first kappa shape index (κ1) is 9.21. The van der Waals surface area contributed by atoms with E-state index in [1.54, 1.807) is 0 Å². The molecule has 1 rings (SSSR count). The number of nitrogens with zero attached hydrogens (tertiary/aromatic N) is 1. The highest BCUT2D eigenvalue weighted by Crippen LogP contribution is 2.12. The predicted octanol–water partition coefficient (Wildman–Crippen LogP) is 1.67. The Hall–Kier alpha value is 0.210. The highest BCUT2D eigenvalue weighted by molar-refractivity contribution is 5.85. The first-order chi connectivity index (χ1) is 3.80. The molecule has 0 amide bonds. The maximum Gasteiger partial charge on any atom is 0.0322 e. The predicted molar refractivity (Wildman–Crippen MR) is 39.1 cm³/mol. The van der Waals surface area contributed by atoms with Gasteiger partial charge in [-0.05, 0) is 19.8 Å². The van der Waals surface area contributed by atoms with Gasteiger partial charge in [0.2, 0.25) is 0 Å². The number of hydroxylamine groups is 2. The average molecular weight is 152 g/mol. The molecule has 0 bridgehead atoms. The smallest absolute Gasteiger partial charge is 0.0322 e. The molecule has 1 fully saturated rings. The molecule has 1 heterocycles. The molecular formula is C6H14ClNO. The van der Waals surface area contributed by atoms with Gasteiger partial charge in [-0.25, -0.2) is 0 Å². The van der Waals surface area contributed by atoms with Crippen LogP contribution in [0.25, 0.3) is 0 Å². The van der Waals surface area contributed by atoms with Gasteiger partial charge >= 0.3 is 0 Å². The van der Waals surface area contributed by atoms with Crippen LogP contribution in [-0.2, 0) is 0 Å². The SMILES string of the molecule is CC1CCCCN1O.Cl. The zero-order chi connectivity index (χ0) is 5.98. The summed E-state index contributed by atoms with van der Waals surface area (Å²) in [6.45, 7) is 2.92. The second kappa shape index (κ2) is 4.09. The van der Waals surface area contributed by atoms with Gasteiger partial charge in [0.25, 0.3) is 0 Å². The van der Waals surface area contributed by atoms with E-state index in [2.05, 4.69) is 6.92 Å². The van der Waals surface area contributed by atoms with Crippen LogP contribution in [0.1, 0.15) is 26.2 Å². The summed E-state index contributed by atoms with van der Waals surface area (Å²) in [5.74, 6) is 0. The van der Waals surface area contributed by atoms with Gasteiger partial charge in [-0.15, -0.1) is 12.4 Å². The fourth-order valence-electron chi connectivity index (χ4n) is 1.08. The summed E-state index contributed by atoms with van der Waals surface area (Å²) < 4.78 is 0. The van der Waals surface area contributed by atoms with E-state index in [1.165, 1.54) is 11.5 Å². The van der Waals surface area contributed by atoms with E-state index in [9.17, 15) is 0 Å². The molecule has 2 nitrogen and oxygen atoms in total. The Kier molecular flexibility index (Phi) is 4.19. The third-order valence-corrected chi connectivity index (χ3v) is 1.77. The van der Waals surface area contributed by atoms with Crippen LogP contribution in [-0.4, -0.2) is 22.9 Å². The molecule has 9 heavy (non-hydrogen) atoms. The van der Waals surface area contributed by atoms with Gasteiger partial charge in [0.15, 0.2) is 0 Å². The maximum absolute atomic E-state index is 9.01. The fraction of sp³-hybridized carbons (Fsp3) is 1.00. The van der Waals surface area contributed by atoms with Crippen molar-refractivity contribution < 1.29 is 5.21 Å². The second-order valence-electron chi connectivity index (χ2n) is 2.51. The third kappa shape index (κ3) is 2.52. The number of hydrogen-bond donors (Lipinski definition) is 1. The van der Waals surface area contributed by atoms with Crippen molar-refractivity contribution in [2.24, 2.45) is 0 Å². The number of rotatable bonds is 0. The molecule has 3 heteroatoms. The molecule has 1 unspecified atom stereocenters. The lowest BCUT2D eigenvalue weighted by Crippen LogP contribution is -2.34. The van der Waals surface area contributed by atoms with Crippen LogP contribution < -0.4 is 0 Å². The van der Waals surface area contributed by atoms with E-state index in [-0.39, 0.29) is 12.4 Å². The van der Waals surface area contributed by atoms with Crippen molar-refractivity contribution in [2.75, 3.05) is 6.54 Å².